The number of hydrogen-bond donors (Lipinski definition) is 2. The minimum absolute atomic E-state index is 0.224. The Bertz CT molecular complexity index is 810. The van der Waals surface area contributed by atoms with Crippen LogP contribution in [0, 0.1) is 0 Å². The van der Waals surface area contributed by atoms with Crippen LogP contribution >= 0.6 is 11.6 Å². The fourth-order valence-electron chi connectivity index (χ4n) is 2.24. The Morgan fingerprint density at radius 1 is 1.14 bits per heavy atom. The zero-order chi connectivity index (χ0) is 14.8. The van der Waals surface area contributed by atoms with E-state index in [4.69, 9.17) is 21.1 Å². The lowest BCUT2D eigenvalue weighted by Gasteiger charge is -2.08. The Labute approximate surface area is 126 Å². The van der Waals surface area contributed by atoms with E-state index in [0.717, 1.165) is 10.9 Å². The maximum Gasteiger partial charge on any atom is 0.337 e. The smallest absolute Gasteiger partial charge is 0.337 e. The van der Waals surface area contributed by atoms with Gasteiger partial charge in [-0.3, -0.25) is 0 Å². The summed E-state index contributed by atoms with van der Waals surface area (Å²) in [5.41, 5.74) is 2.30. The summed E-state index contributed by atoms with van der Waals surface area (Å²) in [5, 5.41) is 13.5. The second-order valence-corrected chi connectivity index (χ2v) is 4.90. The number of furan rings is 1. The lowest BCUT2D eigenvalue weighted by atomic mass is 10.1. The van der Waals surface area contributed by atoms with Crippen molar-refractivity contribution in [3.8, 4) is 0 Å². The van der Waals surface area contributed by atoms with E-state index >= 15 is 0 Å². The molecule has 0 unspecified atom stereocenters. The van der Waals surface area contributed by atoms with Gasteiger partial charge in [0, 0.05) is 23.2 Å². The molecule has 0 fully saturated rings. The standard InChI is InChI=1S/C16H12ClNO3/c17-15-12(10-5-2-4-8-14(10)21-15)9-18-13-7-3-1-6-11(13)16(19)20/h1-8,18H,9H2,(H,19,20). The Morgan fingerprint density at radius 2 is 1.86 bits per heavy atom. The van der Waals surface area contributed by atoms with Gasteiger partial charge >= 0.3 is 5.97 Å². The van der Waals surface area contributed by atoms with E-state index in [1.807, 2.05) is 24.3 Å². The van der Waals surface area contributed by atoms with Crippen molar-refractivity contribution in [2.45, 2.75) is 6.54 Å². The van der Waals surface area contributed by atoms with Crippen LogP contribution in [0.15, 0.2) is 52.9 Å². The molecule has 106 valence electrons. The molecule has 3 rings (SSSR count). The fraction of sp³-hybridized carbons (Fsp3) is 0.0625. The SMILES string of the molecule is O=C(O)c1ccccc1NCc1c(Cl)oc2ccccc12. The molecule has 0 atom stereocenters. The van der Waals surface area contributed by atoms with E-state index in [2.05, 4.69) is 5.32 Å². The summed E-state index contributed by atoms with van der Waals surface area (Å²) in [4.78, 5) is 11.2. The van der Waals surface area contributed by atoms with Crippen molar-refractivity contribution in [1.29, 1.82) is 0 Å². The molecular formula is C16H12ClNO3. The van der Waals surface area contributed by atoms with Crippen LogP contribution in [0.2, 0.25) is 5.22 Å². The molecule has 21 heavy (non-hydrogen) atoms. The Kier molecular flexibility index (Phi) is 3.54. The third-order valence-electron chi connectivity index (χ3n) is 3.26. The predicted molar refractivity (Wildman–Crippen MR) is 82.0 cm³/mol. The van der Waals surface area contributed by atoms with Crippen molar-refractivity contribution >= 4 is 34.2 Å². The zero-order valence-electron chi connectivity index (χ0n) is 11.0. The van der Waals surface area contributed by atoms with Crippen LogP contribution in [0.3, 0.4) is 0 Å². The molecule has 3 aromatic rings. The highest BCUT2D eigenvalue weighted by molar-refractivity contribution is 6.30. The van der Waals surface area contributed by atoms with Crippen LogP contribution < -0.4 is 5.32 Å². The third kappa shape index (κ3) is 2.58. The molecule has 0 saturated carbocycles. The highest BCUT2D eigenvalue weighted by atomic mass is 35.5. The Morgan fingerprint density at radius 3 is 2.67 bits per heavy atom. The number of nitrogens with one attached hydrogen (secondary N) is 1. The third-order valence-corrected chi connectivity index (χ3v) is 3.57. The highest BCUT2D eigenvalue weighted by Gasteiger charge is 2.13. The molecule has 2 aromatic carbocycles. The largest absolute Gasteiger partial charge is 0.478 e. The van der Waals surface area contributed by atoms with E-state index in [1.54, 1.807) is 24.3 Å². The minimum atomic E-state index is -0.971. The molecule has 1 aromatic heterocycles. The van der Waals surface area contributed by atoms with Gasteiger partial charge in [0.25, 0.3) is 0 Å². The first-order valence-corrected chi connectivity index (χ1v) is 6.76. The van der Waals surface area contributed by atoms with Crippen LogP contribution in [0.5, 0.6) is 0 Å². The van der Waals surface area contributed by atoms with Gasteiger partial charge in [-0.15, -0.1) is 0 Å². The molecule has 1 heterocycles. The highest BCUT2D eigenvalue weighted by Crippen LogP contribution is 2.30. The Hall–Kier alpha value is -2.46. The number of fused-ring (bicyclic) bond motifs is 1. The van der Waals surface area contributed by atoms with Gasteiger partial charge < -0.3 is 14.8 Å². The number of carboxylic acid groups (broad SMARTS) is 1. The molecule has 0 saturated heterocycles. The van der Waals surface area contributed by atoms with Crippen LogP contribution in [0.1, 0.15) is 15.9 Å². The second kappa shape index (κ2) is 5.50. The van der Waals surface area contributed by atoms with E-state index in [0.29, 0.717) is 23.0 Å². The van der Waals surface area contributed by atoms with Gasteiger partial charge in [-0.05, 0) is 29.8 Å². The number of carbonyl (C=O) groups is 1. The zero-order valence-corrected chi connectivity index (χ0v) is 11.7. The molecule has 2 N–H and O–H groups in total. The van der Waals surface area contributed by atoms with Crippen molar-refractivity contribution in [3.63, 3.8) is 0 Å². The number of para-hydroxylation sites is 2. The monoisotopic (exact) mass is 301 g/mol. The Balaban J connectivity index is 1.91. The molecule has 0 amide bonds. The van der Waals surface area contributed by atoms with E-state index in [9.17, 15) is 4.79 Å². The fourth-order valence-corrected chi connectivity index (χ4v) is 2.49. The summed E-state index contributed by atoms with van der Waals surface area (Å²) in [7, 11) is 0. The van der Waals surface area contributed by atoms with Crippen molar-refractivity contribution in [3.05, 3.63) is 64.9 Å². The summed E-state index contributed by atoms with van der Waals surface area (Å²) in [6, 6.07) is 14.3. The number of benzene rings is 2. The van der Waals surface area contributed by atoms with Gasteiger partial charge in [0.15, 0.2) is 5.22 Å². The quantitative estimate of drug-likeness (QED) is 0.750. The molecule has 0 spiro atoms. The first-order valence-electron chi connectivity index (χ1n) is 6.39. The van der Waals surface area contributed by atoms with Gasteiger partial charge in [0.05, 0.1) is 5.56 Å². The summed E-state index contributed by atoms with van der Waals surface area (Å²) < 4.78 is 5.47. The van der Waals surface area contributed by atoms with Crippen molar-refractivity contribution in [2.75, 3.05) is 5.32 Å². The summed E-state index contributed by atoms with van der Waals surface area (Å²) in [5.74, 6) is -0.971. The molecular weight excluding hydrogens is 290 g/mol. The van der Waals surface area contributed by atoms with E-state index in [-0.39, 0.29) is 5.56 Å². The van der Waals surface area contributed by atoms with Crippen LogP contribution in [0.4, 0.5) is 5.69 Å². The first-order chi connectivity index (χ1) is 10.2. The normalized spacial score (nSPS) is 10.7. The van der Waals surface area contributed by atoms with E-state index < -0.39 is 5.97 Å². The van der Waals surface area contributed by atoms with Gasteiger partial charge in [-0.2, -0.15) is 0 Å². The molecule has 0 bridgehead atoms. The van der Waals surface area contributed by atoms with Crippen LogP contribution in [-0.2, 0) is 6.54 Å². The molecule has 0 aliphatic carbocycles. The lowest BCUT2D eigenvalue weighted by molar-refractivity contribution is 0.0698. The number of halogens is 1. The molecule has 4 nitrogen and oxygen atoms in total. The lowest BCUT2D eigenvalue weighted by Crippen LogP contribution is -2.06. The van der Waals surface area contributed by atoms with Crippen LogP contribution in [-0.4, -0.2) is 11.1 Å². The first kappa shape index (κ1) is 13.5. The number of carboxylic acids is 1. The number of hydrogen-bond acceptors (Lipinski definition) is 3. The predicted octanol–water partition coefficient (Wildman–Crippen LogP) is 4.40. The second-order valence-electron chi connectivity index (χ2n) is 4.55. The summed E-state index contributed by atoms with van der Waals surface area (Å²) in [6.45, 7) is 0.389. The molecule has 0 aliphatic heterocycles. The molecule has 5 heteroatoms. The van der Waals surface area contributed by atoms with Gasteiger partial charge in [-0.25, -0.2) is 4.79 Å². The van der Waals surface area contributed by atoms with Crippen molar-refractivity contribution < 1.29 is 14.3 Å². The van der Waals surface area contributed by atoms with E-state index in [1.165, 1.54) is 0 Å². The van der Waals surface area contributed by atoms with Gasteiger partial charge in [0.2, 0.25) is 0 Å². The van der Waals surface area contributed by atoms with Gasteiger partial charge in [0.1, 0.15) is 5.58 Å². The topological polar surface area (TPSA) is 62.5 Å². The van der Waals surface area contributed by atoms with Crippen molar-refractivity contribution in [1.82, 2.24) is 0 Å². The summed E-state index contributed by atoms with van der Waals surface area (Å²) >= 11 is 6.11. The number of anilines is 1. The van der Waals surface area contributed by atoms with Crippen LogP contribution in [0.25, 0.3) is 11.0 Å². The average Bonchev–Trinajstić information content (AvgIpc) is 2.81. The minimum Gasteiger partial charge on any atom is -0.478 e. The maximum atomic E-state index is 11.2. The van der Waals surface area contributed by atoms with Gasteiger partial charge in [-0.1, -0.05) is 30.3 Å². The summed E-state index contributed by atoms with van der Waals surface area (Å²) in [6.07, 6.45) is 0. The van der Waals surface area contributed by atoms with Crippen molar-refractivity contribution in [2.24, 2.45) is 0 Å². The average molecular weight is 302 g/mol. The number of rotatable bonds is 4. The molecule has 0 aliphatic rings. The maximum absolute atomic E-state index is 11.2. The number of aromatic carboxylic acids is 1. The molecule has 0 radical (unpaired) electrons.